The molecule has 1 aliphatic heterocycles. The number of carbonyl (C=O) groups is 1. The Balaban J connectivity index is 1.12. The van der Waals surface area contributed by atoms with Crippen molar-refractivity contribution in [3.8, 4) is 11.3 Å². The molecule has 1 saturated heterocycles. The number of furan rings is 1. The van der Waals surface area contributed by atoms with E-state index in [2.05, 4.69) is 15.5 Å². The SMILES string of the molecule is O=C(CCc1ccc(-c2ccccc2)o1)N[C@@H]1CCCC[C@H]1N[C@H]1CCCN(c2ccc([N+](=O)[O-])cc2)C1. The summed E-state index contributed by atoms with van der Waals surface area (Å²) in [5.74, 6) is 1.72. The molecular weight excluding hydrogens is 480 g/mol. The van der Waals surface area contributed by atoms with Gasteiger partial charge in [0.05, 0.1) is 4.92 Å². The van der Waals surface area contributed by atoms with Crippen molar-refractivity contribution >= 4 is 17.3 Å². The lowest BCUT2D eigenvalue weighted by Crippen LogP contribution is -2.57. The van der Waals surface area contributed by atoms with Crippen molar-refractivity contribution in [1.29, 1.82) is 0 Å². The number of piperidine rings is 1. The Labute approximate surface area is 223 Å². The fourth-order valence-corrected chi connectivity index (χ4v) is 5.72. The Kier molecular flexibility index (Phi) is 8.38. The highest BCUT2D eigenvalue weighted by atomic mass is 16.6. The van der Waals surface area contributed by atoms with Gasteiger partial charge in [-0.25, -0.2) is 0 Å². The summed E-state index contributed by atoms with van der Waals surface area (Å²) in [7, 11) is 0. The lowest BCUT2D eigenvalue weighted by Gasteiger charge is -2.40. The topological polar surface area (TPSA) is 101 Å². The largest absolute Gasteiger partial charge is 0.461 e. The average molecular weight is 517 g/mol. The molecule has 8 heteroatoms. The fourth-order valence-electron chi connectivity index (χ4n) is 5.72. The second-order valence-electron chi connectivity index (χ2n) is 10.4. The summed E-state index contributed by atoms with van der Waals surface area (Å²) in [6.45, 7) is 1.80. The molecule has 0 bridgehead atoms. The van der Waals surface area contributed by atoms with Crippen LogP contribution in [0.3, 0.4) is 0 Å². The van der Waals surface area contributed by atoms with Crippen LogP contribution >= 0.6 is 0 Å². The maximum atomic E-state index is 12.9. The summed E-state index contributed by atoms with van der Waals surface area (Å²) in [4.78, 5) is 25.8. The number of hydrogen-bond acceptors (Lipinski definition) is 6. The van der Waals surface area contributed by atoms with E-state index >= 15 is 0 Å². The molecule has 2 aliphatic rings. The molecule has 5 rings (SSSR count). The molecule has 0 unspecified atom stereocenters. The summed E-state index contributed by atoms with van der Waals surface area (Å²) in [5, 5.41) is 18.1. The van der Waals surface area contributed by atoms with Gasteiger partial charge in [-0.2, -0.15) is 0 Å². The number of nitrogens with one attached hydrogen (secondary N) is 2. The Morgan fingerprint density at radius 3 is 2.47 bits per heavy atom. The number of amides is 1. The number of nitro groups is 1. The van der Waals surface area contributed by atoms with Gasteiger partial charge in [0.15, 0.2) is 0 Å². The maximum Gasteiger partial charge on any atom is 0.269 e. The highest BCUT2D eigenvalue weighted by Crippen LogP contribution is 2.26. The Bertz CT molecular complexity index is 1210. The summed E-state index contributed by atoms with van der Waals surface area (Å²) < 4.78 is 5.97. The molecule has 1 aliphatic carbocycles. The van der Waals surface area contributed by atoms with E-state index in [4.69, 9.17) is 4.42 Å². The normalized spacial score (nSPS) is 21.7. The van der Waals surface area contributed by atoms with Gasteiger partial charge in [0.1, 0.15) is 11.5 Å². The van der Waals surface area contributed by atoms with Gasteiger partial charge in [-0.15, -0.1) is 0 Å². The van der Waals surface area contributed by atoms with Crippen LogP contribution in [0, 0.1) is 10.1 Å². The van der Waals surface area contributed by atoms with Crippen molar-refractivity contribution in [2.45, 2.75) is 69.5 Å². The Hall–Kier alpha value is -3.65. The van der Waals surface area contributed by atoms with Gasteiger partial charge < -0.3 is 20.0 Å². The van der Waals surface area contributed by atoms with Crippen molar-refractivity contribution in [1.82, 2.24) is 10.6 Å². The molecule has 1 saturated carbocycles. The molecular formula is C30H36N4O4. The maximum absolute atomic E-state index is 12.9. The number of non-ortho nitro benzene ring substituents is 1. The molecule has 3 atom stereocenters. The highest BCUT2D eigenvalue weighted by Gasteiger charge is 2.30. The molecule has 1 amide bonds. The molecule has 2 N–H and O–H groups in total. The zero-order valence-electron chi connectivity index (χ0n) is 21.7. The van der Waals surface area contributed by atoms with Gasteiger partial charge in [0, 0.05) is 67.4 Å². The number of anilines is 1. The van der Waals surface area contributed by atoms with Crippen LogP contribution in [-0.4, -0.2) is 42.0 Å². The third kappa shape index (κ3) is 6.61. The van der Waals surface area contributed by atoms with Crippen LogP contribution in [0.5, 0.6) is 0 Å². The minimum Gasteiger partial charge on any atom is -0.461 e. The Morgan fingerprint density at radius 1 is 0.947 bits per heavy atom. The van der Waals surface area contributed by atoms with E-state index in [0.717, 1.165) is 74.4 Å². The summed E-state index contributed by atoms with van der Waals surface area (Å²) in [6, 6.07) is 21.4. The van der Waals surface area contributed by atoms with Crippen LogP contribution in [0.2, 0.25) is 0 Å². The van der Waals surface area contributed by atoms with E-state index in [0.29, 0.717) is 18.9 Å². The summed E-state index contributed by atoms with van der Waals surface area (Å²) >= 11 is 0. The number of nitrogens with zero attached hydrogens (tertiary/aromatic N) is 2. The van der Waals surface area contributed by atoms with Gasteiger partial charge >= 0.3 is 0 Å². The lowest BCUT2D eigenvalue weighted by atomic mass is 9.88. The number of hydrogen-bond donors (Lipinski definition) is 2. The van der Waals surface area contributed by atoms with Crippen LogP contribution in [-0.2, 0) is 11.2 Å². The van der Waals surface area contributed by atoms with E-state index in [1.807, 2.05) is 54.6 Å². The molecule has 2 fully saturated rings. The molecule has 0 radical (unpaired) electrons. The standard InChI is InChI=1S/C30H36N4O4/c35-30(19-17-26-16-18-29(38-26)22-7-2-1-3-8-22)32-28-11-5-4-10-27(28)31-23-9-6-20-33(21-23)24-12-14-25(15-13-24)34(36)37/h1-3,7-8,12-16,18,23,27-28,31H,4-6,9-11,17,19-21H2,(H,32,35)/t23-,27+,28+/m0/s1. The first kappa shape index (κ1) is 26.0. The van der Waals surface area contributed by atoms with Gasteiger partial charge in [0.2, 0.25) is 5.91 Å². The molecule has 0 spiro atoms. The Morgan fingerprint density at radius 2 is 1.71 bits per heavy atom. The molecule has 38 heavy (non-hydrogen) atoms. The summed E-state index contributed by atoms with van der Waals surface area (Å²) in [5.41, 5.74) is 2.17. The van der Waals surface area contributed by atoms with E-state index < -0.39 is 0 Å². The number of rotatable bonds is 9. The number of nitro benzene ring substituents is 1. The molecule has 2 heterocycles. The first-order valence-corrected chi connectivity index (χ1v) is 13.7. The highest BCUT2D eigenvalue weighted by molar-refractivity contribution is 5.76. The number of carbonyl (C=O) groups excluding carboxylic acids is 1. The second-order valence-corrected chi connectivity index (χ2v) is 10.4. The van der Waals surface area contributed by atoms with Crippen molar-refractivity contribution in [2.24, 2.45) is 0 Å². The van der Waals surface area contributed by atoms with Crippen molar-refractivity contribution < 1.29 is 14.1 Å². The minimum absolute atomic E-state index is 0.0671. The fraction of sp³-hybridized carbons (Fsp3) is 0.433. The third-order valence-corrected chi connectivity index (χ3v) is 7.73. The molecule has 1 aromatic heterocycles. The van der Waals surface area contributed by atoms with Crippen LogP contribution in [0.25, 0.3) is 11.3 Å². The number of aryl methyl sites for hydroxylation is 1. The van der Waals surface area contributed by atoms with E-state index in [9.17, 15) is 14.9 Å². The monoisotopic (exact) mass is 516 g/mol. The third-order valence-electron chi connectivity index (χ3n) is 7.73. The quantitative estimate of drug-likeness (QED) is 0.289. The predicted octanol–water partition coefficient (Wildman–Crippen LogP) is 5.47. The zero-order valence-corrected chi connectivity index (χ0v) is 21.7. The first-order chi connectivity index (χ1) is 18.5. The van der Waals surface area contributed by atoms with E-state index in [1.165, 1.54) is 0 Å². The lowest BCUT2D eigenvalue weighted by molar-refractivity contribution is -0.384. The summed E-state index contributed by atoms with van der Waals surface area (Å²) in [6.07, 6.45) is 7.46. The molecule has 2 aromatic carbocycles. The van der Waals surface area contributed by atoms with Crippen LogP contribution in [0.4, 0.5) is 11.4 Å². The van der Waals surface area contributed by atoms with Gasteiger partial charge in [-0.1, -0.05) is 43.2 Å². The van der Waals surface area contributed by atoms with Crippen LogP contribution in [0.15, 0.2) is 71.1 Å². The molecule has 200 valence electrons. The van der Waals surface area contributed by atoms with Gasteiger partial charge in [0.25, 0.3) is 5.69 Å². The van der Waals surface area contributed by atoms with Crippen LogP contribution in [0.1, 0.15) is 50.7 Å². The van der Waals surface area contributed by atoms with Crippen LogP contribution < -0.4 is 15.5 Å². The molecule has 3 aromatic rings. The van der Waals surface area contributed by atoms with Gasteiger partial charge in [-0.3, -0.25) is 14.9 Å². The number of benzene rings is 2. The second kappa shape index (κ2) is 12.3. The molecule has 8 nitrogen and oxygen atoms in total. The van der Waals surface area contributed by atoms with Gasteiger partial charge in [-0.05, 0) is 49.9 Å². The first-order valence-electron chi connectivity index (χ1n) is 13.7. The van der Waals surface area contributed by atoms with Crippen molar-refractivity contribution in [3.05, 3.63) is 82.6 Å². The van der Waals surface area contributed by atoms with Crippen molar-refractivity contribution in [3.63, 3.8) is 0 Å². The smallest absolute Gasteiger partial charge is 0.269 e. The predicted molar refractivity (Wildman–Crippen MR) is 148 cm³/mol. The zero-order chi connectivity index (χ0) is 26.3. The minimum atomic E-state index is -0.363. The van der Waals surface area contributed by atoms with Crippen molar-refractivity contribution in [2.75, 3.05) is 18.0 Å². The van der Waals surface area contributed by atoms with E-state index in [-0.39, 0.29) is 28.6 Å². The average Bonchev–Trinajstić information content (AvgIpc) is 3.43. The van der Waals surface area contributed by atoms with E-state index in [1.54, 1.807) is 12.1 Å².